The van der Waals surface area contributed by atoms with E-state index >= 15 is 0 Å². The van der Waals surface area contributed by atoms with Gasteiger partial charge in [0, 0.05) is 0 Å². The van der Waals surface area contributed by atoms with Gasteiger partial charge in [-0.3, -0.25) is 0 Å². The smallest absolute Gasteiger partial charge is 0.192 e. The maximum Gasteiger partial charge on any atom is 0.220 e. The molecule has 0 bridgehead atoms. The van der Waals surface area contributed by atoms with Gasteiger partial charge in [-0.15, -0.1) is 0 Å². The zero-order valence-corrected chi connectivity index (χ0v) is 5.65. The number of rotatable bonds is 1. The molecule has 0 saturated heterocycles. The fourth-order valence-electron chi connectivity index (χ4n) is 0.709. The monoisotopic (exact) mass is 145 g/mol. The van der Waals surface area contributed by atoms with E-state index in [9.17, 15) is 0 Å². The predicted octanol–water partition coefficient (Wildman–Crippen LogP) is 1.74. The molecule has 0 aliphatic carbocycles. The van der Waals surface area contributed by atoms with E-state index in [4.69, 9.17) is 10.8 Å². The van der Waals surface area contributed by atoms with E-state index < -0.39 is 0 Å². The molecule has 0 spiro atoms. The number of nitrogens with one attached hydrogen (secondary N) is 1. The first-order chi connectivity index (χ1) is 5.38. The van der Waals surface area contributed by atoms with E-state index in [0.29, 0.717) is 11.3 Å². The summed E-state index contributed by atoms with van der Waals surface area (Å²) < 4.78 is 0. The maximum absolute atomic E-state index is 8.53. The van der Waals surface area contributed by atoms with Gasteiger partial charge in [0.15, 0.2) is 10.8 Å². The van der Waals surface area contributed by atoms with Crippen molar-refractivity contribution >= 4 is 5.69 Å². The summed E-state index contributed by atoms with van der Waals surface area (Å²) in [5.74, 6) is 0. The van der Waals surface area contributed by atoms with E-state index in [2.05, 4.69) is 10.0 Å². The van der Waals surface area contributed by atoms with Gasteiger partial charge in [0.2, 0.25) is 4.91 Å². The van der Waals surface area contributed by atoms with Crippen LogP contribution in [0.2, 0.25) is 0 Å². The van der Waals surface area contributed by atoms with Gasteiger partial charge in [-0.05, 0) is 12.1 Å². The summed E-state index contributed by atoms with van der Waals surface area (Å²) in [5, 5.41) is 12.0. The number of hydrogen-bond acceptors (Lipinski definition) is 3. The number of hydrogen-bond donors (Lipinski definition) is 1. The molecule has 1 aromatic carbocycles. The van der Waals surface area contributed by atoms with Gasteiger partial charge in [0.25, 0.3) is 0 Å². The van der Waals surface area contributed by atoms with E-state index in [1.807, 2.05) is 6.07 Å². The van der Waals surface area contributed by atoms with Crippen molar-refractivity contribution in [1.29, 1.82) is 10.8 Å². The van der Waals surface area contributed by atoms with Gasteiger partial charge >= 0.3 is 0 Å². The van der Waals surface area contributed by atoms with Crippen molar-refractivity contribution in [3.8, 4) is 6.07 Å². The van der Waals surface area contributed by atoms with Crippen LogP contribution in [-0.4, -0.2) is 0 Å². The highest BCUT2D eigenvalue weighted by atomic mass is 15.1. The van der Waals surface area contributed by atoms with Gasteiger partial charge in [0.05, 0.1) is 5.56 Å². The molecule has 0 heterocycles. The Labute approximate surface area is 63.3 Å². The summed E-state index contributed by atoms with van der Waals surface area (Å²) in [6.07, 6.45) is 0. The molecule has 1 N–H and O–H groups in total. The normalized spacial score (nSPS) is 7.91. The van der Waals surface area contributed by atoms with Gasteiger partial charge in [-0.25, -0.2) is 0 Å². The summed E-state index contributed by atoms with van der Waals surface area (Å²) in [5.41, 5.74) is 7.33. The topological polar surface area (TPSA) is 74.1 Å². The van der Waals surface area contributed by atoms with E-state index in [0.717, 1.165) is 0 Å². The Bertz CT molecular complexity index is 344. The van der Waals surface area contributed by atoms with Gasteiger partial charge in [-0.2, -0.15) is 5.26 Å². The fraction of sp³-hybridized carbons (Fsp3) is 0. The van der Waals surface area contributed by atoms with Crippen LogP contribution in [0.5, 0.6) is 0 Å². The Hall–Kier alpha value is -1.98. The maximum atomic E-state index is 8.53. The minimum atomic E-state index is 0.434. The van der Waals surface area contributed by atoms with Crippen molar-refractivity contribution in [1.82, 2.24) is 4.91 Å². The second kappa shape index (κ2) is 3.25. The second-order valence-electron chi connectivity index (χ2n) is 1.83. The lowest BCUT2D eigenvalue weighted by Gasteiger charge is -1.85. The minimum absolute atomic E-state index is 0.434. The van der Waals surface area contributed by atoms with Crippen LogP contribution < -0.4 is 4.91 Å². The molecule has 11 heavy (non-hydrogen) atoms. The highest BCUT2D eigenvalue weighted by Crippen LogP contribution is 2.15. The summed E-state index contributed by atoms with van der Waals surface area (Å²) >= 11 is 0. The molecule has 0 fully saturated rings. The molecule has 0 saturated carbocycles. The molecule has 1 rings (SSSR count). The molecule has 0 unspecified atom stereocenters. The van der Waals surface area contributed by atoms with E-state index in [1.54, 1.807) is 24.3 Å². The van der Waals surface area contributed by atoms with Crippen LogP contribution >= 0.6 is 0 Å². The fourth-order valence-corrected chi connectivity index (χ4v) is 0.709. The lowest BCUT2D eigenvalue weighted by molar-refractivity contribution is 0.990. The summed E-state index contributed by atoms with van der Waals surface area (Å²) in [6, 6.07) is 8.69. The number of benzene rings is 1. The average Bonchev–Trinajstić information content (AvgIpc) is 2.06. The third-order valence-electron chi connectivity index (χ3n) is 1.18. The van der Waals surface area contributed by atoms with Crippen molar-refractivity contribution < 1.29 is 0 Å². The molecule has 1 aromatic rings. The SMILES string of the molecule is N#Cc1ccccc1N=[N+]=N. The molecule has 0 aliphatic rings. The standard InChI is InChI=1S/C7H5N4/c8-5-6-3-1-2-4-7(6)10-11-9/h1-4,9H/q+1. The van der Waals surface area contributed by atoms with Crippen molar-refractivity contribution in [2.75, 3.05) is 0 Å². The molecule has 0 amide bonds. The molecular formula is C7H5N4+. The molecule has 0 aliphatic heterocycles. The lowest BCUT2D eigenvalue weighted by atomic mass is 10.2. The van der Waals surface area contributed by atoms with Crippen molar-refractivity contribution in [3.63, 3.8) is 0 Å². The number of nitrogens with zero attached hydrogens (tertiary/aromatic N) is 3. The Balaban J connectivity index is 3.25. The largest absolute Gasteiger partial charge is 0.220 e. The minimum Gasteiger partial charge on any atom is -0.192 e. The second-order valence-corrected chi connectivity index (χ2v) is 1.83. The van der Waals surface area contributed by atoms with Crippen molar-refractivity contribution in [3.05, 3.63) is 29.8 Å². The zero-order valence-electron chi connectivity index (χ0n) is 5.65. The Morgan fingerprint density at radius 3 is 2.82 bits per heavy atom. The molecule has 52 valence electrons. The molecule has 4 nitrogen and oxygen atoms in total. The van der Waals surface area contributed by atoms with Crippen LogP contribution in [0.1, 0.15) is 5.56 Å². The van der Waals surface area contributed by atoms with Crippen molar-refractivity contribution in [2.45, 2.75) is 0 Å². The Morgan fingerprint density at radius 1 is 1.45 bits per heavy atom. The highest BCUT2D eigenvalue weighted by molar-refractivity contribution is 5.51. The lowest BCUT2D eigenvalue weighted by Crippen LogP contribution is -1.73. The van der Waals surface area contributed by atoms with Crippen LogP contribution in [0.4, 0.5) is 5.69 Å². The summed E-state index contributed by atoms with van der Waals surface area (Å²) in [7, 11) is 0. The molecular weight excluding hydrogens is 140 g/mol. The third kappa shape index (κ3) is 1.48. The van der Waals surface area contributed by atoms with Crippen molar-refractivity contribution in [2.24, 2.45) is 5.11 Å². The summed E-state index contributed by atoms with van der Waals surface area (Å²) in [4.78, 5) is 2.84. The van der Waals surface area contributed by atoms with Gasteiger partial charge < -0.3 is 0 Å². The van der Waals surface area contributed by atoms with Crippen LogP contribution in [0.25, 0.3) is 0 Å². The Kier molecular flexibility index (Phi) is 2.11. The average molecular weight is 145 g/mol. The van der Waals surface area contributed by atoms with E-state index in [-0.39, 0.29) is 0 Å². The van der Waals surface area contributed by atoms with Crippen LogP contribution in [0, 0.1) is 16.9 Å². The molecule has 0 atom stereocenters. The van der Waals surface area contributed by atoms with Crippen LogP contribution in [0.3, 0.4) is 0 Å². The van der Waals surface area contributed by atoms with Gasteiger partial charge in [0.1, 0.15) is 11.6 Å². The molecule has 4 heteroatoms. The number of nitriles is 1. The molecule has 0 aromatic heterocycles. The first-order valence-corrected chi connectivity index (χ1v) is 2.95. The zero-order chi connectivity index (χ0) is 8.10. The van der Waals surface area contributed by atoms with Gasteiger partial charge in [-0.1, -0.05) is 12.1 Å². The highest BCUT2D eigenvalue weighted by Gasteiger charge is 2.01. The van der Waals surface area contributed by atoms with Crippen LogP contribution in [0.15, 0.2) is 29.4 Å². The Morgan fingerprint density at radius 2 is 2.18 bits per heavy atom. The predicted molar refractivity (Wildman–Crippen MR) is 38.1 cm³/mol. The first kappa shape index (κ1) is 7.13. The molecule has 0 radical (unpaired) electrons. The van der Waals surface area contributed by atoms with Crippen LogP contribution in [-0.2, 0) is 0 Å². The first-order valence-electron chi connectivity index (χ1n) is 2.95. The van der Waals surface area contributed by atoms with E-state index in [1.165, 1.54) is 0 Å². The third-order valence-corrected chi connectivity index (χ3v) is 1.18. The quantitative estimate of drug-likeness (QED) is 0.474. The summed E-state index contributed by atoms with van der Waals surface area (Å²) in [6.45, 7) is 0.